The summed E-state index contributed by atoms with van der Waals surface area (Å²) < 4.78 is 11.8. The van der Waals surface area contributed by atoms with Gasteiger partial charge in [-0.25, -0.2) is 4.79 Å². The highest BCUT2D eigenvalue weighted by Gasteiger charge is 2.27. The van der Waals surface area contributed by atoms with Crippen LogP contribution in [0.2, 0.25) is 0 Å². The second kappa shape index (κ2) is 5.95. The van der Waals surface area contributed by atoms with Gasteiger partial charge in [-0.1, -0.05) is 0 Å². The van der Waals surface area contributed by atoms with Gasteiger partial charge in [0.2, 0.25) is 6.73 Å². The molecule has 5 rings (SSSR count). The lowest BCUT2D eigenvalue weighted by Crippen LogP contribution is -3.10. The molecule has 1 N–H and O–H groups in total. The van der Waals surface area contributed by atoms with Crippen molar-refractivity contribution in [1.29, 1.82) is 0 Å². The number of ether oxygens (including phenoxy) is 1. The van der Waals surface area contributed by atoms with E-state index in [1.807, 2.05) is 19.3 Å². The van der Waals surface area contributed by atoms with Crippen LogP contribution in [0.4, 0.5) is 0 Å². The molecular formula is C21H21N2O3+. The van der Waals surface area contributed by atoms with Gasteiger partial charge in [-0.05, 0) is 49.9 Å². The van der Waals surface area contributed by atoms with Crippen molar-refractivity contribution in [1.82, 2.24) is 4.98 Å². The Morgan fingerprint density at radius 1 is 1.19 bits per heavy atom. The SMILES string of the molecule is Cc1c2c(cc3c4c(c(=O)oc13)CCC4)C[NH+](Cc1ccncc1)CO2. The number of aryl methyl sites for hydroxylation is 2. The molecule has 0 bridgehead atoms. The highest BCUT2D eigenvalue weighted by molar-refractivity contribution is 5.87. The van der Waals surface area contributed by atoms with Gasteiger partial charge in [-0.3, -0.25) is 9.88 Å². The van der Waals surface area contributed by atoms with Gasteiger partial charge >= 0.3 is 5.63 Å². The standard InChI is InChI=1S/C21H20N2O3/c1-13-19-15(11-23(12-25-19)10-14-5-7-22-8-6-14)9-18-16-3-2-4-17(16)21(24)26-20(13)18/h5-9H,2-4,10-12H2,1H3/p+1. The smallest absolute Gasteiger partial charge is 0.339 e. The minimum atomic E-state index is -0.172. The Balaban J connectivity index is 1.57. The second-order valence-electron chi connectivity index (χ2n) is 7.31. The van der Waals surface area contributed by atoms with Crippen LogP contribution in [0.25, 0.3) is 11.0 Å². The fourth-order valence-corrected chi connectivity index (χ4v) is 4.36. The van der Waals surface area contributed by atoms with E-state index in [1.54, 1.807) is 0 Å². The fourth-order valence-electron chi connectivity index (χ4n) is 4.36. The molecule has 2 aliphatic rings. The Hall–Kier alpha value is -2.66. The van der Waals surface area contributed by atoms with Crippen LogP contribution in [0, 0.1) is 6.92 Å². The average Bonchev–Trinajstić information content (AvgIpc) is 3.15. The van der Waals surface area contributed by atoms with Gasteiger partial charge in [-0.2, -0.15) is 0 Å². The summed E-state index contributed by atoms with van der Waals surface area (Å²) in [6.07, 6.45) is 6.49. The molecule has 5 heteroatoms. The Morgan fingerprint density at radius 3 is 2.85 bits per heavy atom. The highest BCUT2D eigenvalue weighted by Crippen LogP contribution is 2.36. The molecule has 3 aromatic rings. The number of rotatable bonds is 2. The van der Waals surface area contributed by atoms with Crippen molar-refractivity contribution in [2.45, 2.75) is 39.3 Å². The van der Waals surface area contributed by atoms with E-state index in [2.05, 4.69) is 23.2 Å². The molecule has 5 nitrogen and oxygen atoms in total. The van der Waals surface area contributed by atoms with Gasteiger partial charge in [-0.15, -0.1) is 0 Å². The fraction of sp³-hybridized carbons (Fsp3) is 0.333. The van der Waals surface area contributed by atoms with Crippen LogP contribution in [-0.4, -0.2) is 11.7 Å². The first-order valence-electron chi connectivity index (χ1n) is 9.17. The maximum Gasteiger partial charge on any atom is 0.339 e. The average molecular weight is 349 g/mol. The zero-order valence-corrected chi connectivity index (χ0v) is 14.8. The Labute approximate surface area is 151 Å². The second-order valence-corrected chi connectivity index (χ2v) is 7.31. The van der Waals surface area contributed by atoms with E-state index in [0.717, 1.165) is 54.6 Å². The molecule has 0 saturated heterocycles. The summed E-state index contributed by atoms with van der Waals surface area (Å²) in [4.78, 5) is 17.7. The van der Waals surface area contributed by atoms with Gasteiger partial charge in [0.05, 0.1) is 0 Å². The first-order valence-corrected chi connectivity index (χ1v) is 9.17. The summed E-state index contributed by atoms with van der Waals surface area (Å²) in [7, 11) is 0. The number of nitrogens with zero attached hydrogens (tertiary/aromatic N) is 1. The first kappa shape index (κ1) is 15.6. The van der Waals surface area contributed by atoms with Crippen LogP contribution in [0.1, 0.15) is 34.2 Å². The molecule has 0 fully saturated rings. The van der Waals surface area contributed by atoms with Gasteiger partial charge in [0, 0.05) is 40.0 Å². The summed E-state index contributed by atoms with van der Waals surface area (Å²) in [5, 5.41) is 1.10. The zero-order chi connectivity index (χ0) is 17.7. The number of quaternary nitrogens is 1. The molecule has 2 aromatic heterocycles. The molecule has 1 unspecified atom stereocenters. The summed E-state index contributed by atoms with van der Waals surface area (Å²) in [5.74, 6) is 0.886. The maximum absolute atomic E-state index is 12.3. The molecule has 132 valence electrons. The van der Waals surface area contributed by atoms with Crippen molar-refractivity contribution in [3.8, 4) is 5.75 Å². The largest absolute Gasteiger partial charge is 0.444 e. The normalized spacial score (nSPS) is 18.4. The first-order chi connectivity index (χ1) is 12.7. The van der Waals surface area contributed by atoms with Gasteiger partial charge in [0.1, 0.15) is 24.4 Å². The van der Waals surface area contributed by atoms with Gasteiger partial charge < -0.3 is 9.15 Å². The van der Waals surface area contributed by atoms with E-state index >= 15 is 0 Å². The van der Waals surface area contributed by atoms with E-state index in [9.17, 15) is 4.79 Å². The van der Waals surface area contributed by atoms with Gasteiger partial charge in [0.25, 0.3) is 0 Å². The summed E-state index contributed by atoms with van der Waals surface area (Å²) in [6.45, 7) is 4.42. The lowest BCUT2D eigenvalue weighted by molar-refractivity contribution is -0.945. The van der Waals surface area contributed by atoms with E-state index in [1.165, 1.54) is 21.6 Å². The van der Waals surface area contributed by atoms with Crippen LogP contribution in [0.15, 0.2) is 39.8 Å². The van der Waals surface area contributed by atoms with Crippen LogP contribution in [-0.2, 0) is 25.9 Å². The van der Waals surface area contributed by atoms with Gasteiger partial charge in [0.15, 0.2) is 0 Å². The highest BCUT2D eigenvalue weighted by atomic mass is 16.5. The number of benzene rings is 1. The lowest BCUT2D eigenvalue weighted by atomic mass is 9.99. The summed E-state index contributed by atoms with van der Waals surface area (Å²) in [5.41, 5.74) is 5.99. The minimum Gasteiger partial charge on any atom is -0.444 e. The Morgan fingerprint density at radius 2 is 2.00 bits per heavy atom. The third-order valence-electron chi connectivity index (χ3n) is 5.58. The Bertz CT molecular complexity index is 1060. The Kier molecular flexibility index (Phi) is 3.57. The molecule has 0 spiro atoms. The number of fused-ring (bicyclic) bond motifs is 4. The molecule has 1 aliphatic carbocycles. The number of nitrogens with one attached hydrogen (secondary N) is 1. The summed E-state index contributed by atoms with van der Waals surface area (Å²) >= 11 is 0. The van der Waals surface area contributed by atoms with Crippen molar-refractivity contribution in [2.24, 2.45) is 0 Å². The van der Waals surface area contributed by atoms with E-state index in [4.69, 9.17) is 9.15 Å². The van der Waals surface area contributed by atoms with Crippen molar-refractivity contribution < 1.29 is 14.1 Å². The molecule has 0 amide bonds. The van der Waals surface area contributed by atoms with Crippen LogP contribution >= 0.6 is 0 Å². The molecule has 1 aromatic carbocycles. The third-order valence-corrected chi connectivity index (χ3v) is 5.58. The number of aromatic nitrogens is 1. The number of hydrogen-bond acceptors (Lipinski definition) is 4. The van der Waals surface area contributed by atoms with Crippen molar-refractivity contribution in [2.75, 3.05) is 6.73 Å². The van der Waals surface area contributed by atoms with E-state index < -0.39 is 0 Å². The predicted octanol–water partition coefficient (Wildman–Crippen LogP) is 1.92. The number of hydrogen-bond donors (Lipinski definition) is 1. The van der Waals surface area contributed by atoms with Crippen LogP contribution < -0.4 is 15.3 Å². The zero-order valence-electron chi connectivity index (χ0n) is 14.8. The minimum absolute atomic E-state index is 0.172. The molecule has 26 heavy (non-hydrogen) atoms. The topological polar surface area (TPSA) is 56.8 Å². The third kappa shape index (κ3) is 2.42. The van der Waals surface area contributed by atoms with E-state index in [0.29, 0.717) is 12.3 Å². The molecule has 3 heterocycles. The summed E-state index contributed by atoms with van der Waals surface area (Å²) in [6, 6.07) is 6.29. The molecule has 1 aliphatic heterocycles. The van der Waals surface area contributed by atoms with Crippen molar-refractivity contribution in [3.05, 3.63) is 68.8 Å². The quantitative estimate of drug-likeness (QED) is 0.718. The molecule has 1 atom stereocenters. The molecule has 0 radical (unpaired) electrons. The maximum atomic E-state index is 12.3. The van der Waals surface area contributed by atoms with Crippen LogP contribution in [0.3, 0.4) is 0 Å². The predicted molar refractivity (Wildman–Crippen MR) is 97.3 cm³/mol. The molecular weight excluding hydrogens is 328 g/mol. The lowest BCUT2D eigenvalue weighted by Gasteiger charge is -2.27. The van der Waals surface area contributed by atoms with E-state index in [-0.39, 0.29) is 5.63 Å². The monoisotopic (exact) mass is 349 g/mol. The van der Waals surface area contributed by atoms with Crippen molar-refractivity contribution >= 4 is 11.0 Å². The van der Waals surface area contributed by atoms with Crippen molar-refractivity contribution in [3.63, 3.8) is 0 Å². The number of pyridine rings is 1. The van der Waals surface area contributed by atoms with Crippen LogP contribution in [0.5, 0.6) is 5.75 Å². The molecule has 0 saturated carbocycles.